The first-order valence-electron chi connectivity index (χ1n) is 6.24. The molecule has 0 radical (unpaired) electrons. The third kappa shape index (κ3) is 4.75. The summed E-state index contributed by atoms with van der Waals surface area (Å²) in [6, 6.07) is 5.69. The van der Waals surface area contributed by atoms with Gasteiger partial charge in [-0.3, -0.25) is 0 Å². The highest BCUT2D eigenvalue weighted by molar-refractivity contribution is 5.39. The Kier molecular flexibility index (Phi) is 6.67. The standard InChI is InChI=1S/C14H22O3/c1-3-8-16-10-12-6-5-7-13(14(12)15)11-17-9-4-2/h5-7,15H,3-4,8-11H2,1-2H3. The van der Waals surface area contributed by atoms with Gasteiger partial charge in [0, 0.05) is 24.3 Å². The normalized spacial score (nSPS) is 10.7. The smallest absolute Gasteiger partial charge is 0.126 e. The Morgan fingerprint density at radius 2 is 1.41 bits per heavy atom. The van der Waals surface area contributed by atoms with Gasteiger partial charge in [-0.15, -0.1) is 0 Å². The van der Waals surface area contributed by atoms with Gasteiger partial charge < -0.3 is 14.6 Å². The number of para-hydroxylation sites is 1. The van der Waals surface area contributed by atoms with Crippen LogP contribution in [0.2, 0.25) is 0 Å². The summed E-state index contributed by atoms with van der Waals surface area (Å²) < 4.78 is 10.9. The van der Waals surface area contributed by atoms with Crippen LogP contribution in [-0.2, 0) is 22.7 Å². The number of ether oxygens (including phenoxy) is 2. The molecule has 0 aliphatic rings. The van der Waals surface area contributed by atoms with E-state index >= 15 is 0 Å². The molecule has 96 valence electrons. The van der Waals surface area contributed by atoms with Gasteiger partial charge in [0.1, 0.15) is 5.75 Å². The third-order valence-corrected chi connectivity index (χ3v) is 2.42. The minimum Gasteiger partial charge on any atom is -0.507 e. The molecule has 0 atom stereocenters. The first kappa shape index (κ1) is 14.0. The highest BCUT2D eigenvalue weighted by atomic mass is 16.5. The largest absolute Gasteiger partial charge is 0.507 e. The number of aromatic hydroxyl groups is 1. The van der Waals surface area contributed by atoms with Crippen molar-refractivity contribution in [1.29, 1.82) is 0 Å². The number of phenols is 1. The first-order chi connectivity index (χ1) is 8.29. The van der Waals surface area contributed by atoms with Crippen molar-refractivity contribution in [3.63, 3.8) is 0 Å². The molecule has 0 bridgehead atoms. The van der Waals surface area contributed by atoms with Crippen LogP contribution in [0.3, 0.4) is 0 Å². The molecule has 0 aliphatic carbocycles. The summed E-state index contributed by atoms with van der Waals surface area (Å²) in [4.78, 5) is 0. The van der Waals surface area contributed by atoms with Gasteiger partial charge in [0.15, 0.2) is 0 Å². The summed E-state index contributed by atoms with van der Waals surface area (Å²) in [5.74, 6) is 0.305. The van der Waals surface area contributed by atoms with Gasteiger partial charge in [0.25, 0.3) is 0 Å². The van der Waals surface area contributed by atoms with E-state index in [0.29, 0.717) is 19.0 Å². The molecule has 1 N–H and O–H groups in total. The van der Waals surface area contributed by atoms with Crippen LogP contribution in [0.15, 0.2) is 18.2 Å². The van der Waals surface area contributed by atoms with Crippen molar-refractivity contribution in [3.8, 4) is 5.75 Å². The van der Waals surface area contributed by atoms with Crippen molar-refractivity contribution in [1.82, 2.24) is 0 Å². The van der Waals surface area contributed by atoms with Crippen LogP contribution < -0.4 is 0 Å². The second kappa shape index (κ2) is 8.09. The molecule has 3 nitrogen and oxygen atoms in total. The van der Waals surface area contributed by atoms with Crippen molar-refractivity contribution in [2.24, 2.45) is 0 Å². The average molecular weight is 238 g/mol. The summed E-state index contributed by atoms with van der Waals surface area (Å²) in [6.07, 6.45) is 1.97. The van der Waals surface area contributed by atoms with Crippen LogP contribution in [-0.4, -0.2) is 18.3 Å². The van der Waals surface area contributed by atoms with Crippen LogP contribution in [0.1, 0.15) is 37.8 Å². The number of hydrogen-bond acceptors (Lipinski definition) is 3. The summed E-state index contributed by atoms with van der Waals surface area (Å²) in [6.45, 7) is 6.48. The highest BCUT2D eigenvalue weighted by Gasteiger charge is 2.06. The fraction of sp³-hybridized carbons (Fsp3) is 0.571. The predicted molar refractivity (Wildman–Crippen MR) is 68.0 cm³/mol. The van der Waals surface area contributed by atoms with Gasteiger partial charge in [-0.1, -0.05) is 32.0 Å². The Labute approximate surface area is 103 Å². The molecular formula is C14H22O3. The maximum absolute atomic E-state index is 10.0. The van der Waals surface area contributed by atoms with Crippen molar-refractivity contribution in [3.05, 3.63) is 29.3 Å². The molecule has 1 aromatic rings. The molecule has 0 aromatic heterocycles. The highest BCUT2D eigenvalue weighted by Crippen LogP contribution is 2.23. The van der Waals surface area contributed by atoms with E-state index in [1.807, 2.05) is 18.2 Å². The Hall–Kier alpha value is -1.06. The lowest BCUT2D eigenvalue weighted by atomic mass is 10.1. The zero-order valence-corrected chi connectivity index (χ0v) is 10.7. The zero-order chi connectivity index (χ0) is 12.5. The van der Waals surface area contributed by atoms with Crippen LogP contribution in [0.5, 0.6) is 5.75 Å². The molecular weight excluding hydrogens is 216 g/mol. The second-order valence-electron chi connectivity index (χ2n) is 4.03. The number of phenolic OH excluding ortho intramolecular Hbond substituents is 1. The van der Waals surface area contributed by atoms with E-state index in [4.69, 9.17) is 9.47 Å². The Morgan fingerprint density at radius 3 is 1.82 bits per heavy atom. The number of hydrogen-bond donors (Lipinski definition) is 1. The topological polar surface area (TPSA) is 38.7 Å². The summed E-state index contributed by atoms with van der Waals surface area (Å²) >= 11 is 0. The molecule has 1 aromatic carbocycles. The van der Waals surface area contributed by atoms with Crippen LogP contribution >= 0.6 is 0 Å². The molecule has 0 unspecified atom stereocenters. The van der Waals surface area contributed by atoms with Crippen molar-refractivity contribution < 1.29 is 14.6 Å². The molecule has 1 rings (SSSR count). The fourth-order valence-electron chi connectivity index (χ4n) is 1.53. The van der Waals surface area contributed by atoms with Gasteiger partial charge in [-0.05, 0) is 12.8 Å². The molecule has 0 aliphatic heterocycles. The van der Waals surface area contributed by atoms with E-state index in [9.17, 15) is 5.11 Å². The van der Waals surface area contributed by atoms with Gasteiger partial charge in [0.05, 0.1) is 13.2 Å². The maximum atomic E-state index is 10.0. The molecule has 0 amide bonds. The summed E-state index contributed by atoms with van der Waals surface area (Å²) in [5.41, 5.74) is 1.66. The Morgan fingerprint density at radius 1 is 0.941 bits per heavy atom. The molecule has 17 heavy (non-hydrogen) atoms. The quantitative estimate of drug-likeness (QED) is 0.707. The van der Waals surface area contributed by atoms with E-state index in [0.717, 1.165) is 37.2 Å². The number of rotatable bonds is 8. The first-order valence-corrected chi connectivity index (χ1v) is 6.24. The van der Waals surface area contributed by atoms with E-state index in [1.54, 1.807) is 0 Å². The van der Waals surface area contributed by atoms with Gasteiger partial charge in [-0.25, -0.2) is 0 Å². The SMILES string of the molecule is CCCOCc1cccc(COCCC)c1O. The summed E-state index contributed by atoms with van der Waals surface area (Å²) in [5, 5.41) is 10.0. The molecule has 0 saturated carbocycles. The van der Waals surface area contributed by atoms with Crippen LogP contribution in [0.25, 0.3) is 0 Å². The fourth-order valence-corrected chi connectivity index (χ4v) is 1.53. The van der Waals surface area contributed by atoms with E-state index < -0.39 is 0 Å². The average Bonchev–Trinajstić information content (AvgIpc) is 2.34. The van der Waals surface area contributed by atoms with E-state index in [-0.39, 0.29) is 0 Å². The summed E-state index contributed by atoms with van der Waals surface area (Å²) in [7, 11) is 0. The van der Waals surface area contributed by atoms with Crippen LogP contribution in [0.4, 0.5) is 0 Å². The Bertz CT molecular complexity index is 295. The molecule has 0 spiro atoms. The van der Waals surface area contributed by atoms with Crippen molar-refractivity contribution in [2.75, 3.05) is 13.2 Å². The lowest BCUT2D eigenvalue weighted by Gasteiger charge is -2.10. The van der Waals surface area contributed by atoms with Gasteiger partial charge in [-0.2, -0.15) is 0 Å². The molecule has 0 heterocycles. The predicted octanol–water partition coefficient (Wildman–Crippen LogP) is 3.25. The number of benzene rings is 1. The van der Waals surface area contributed by atoms with Gasteiger partial charge in [0.2, 0.25) is 0 Å². The monoisotopic (exact) mass is 238 g/mol. The molecule has 0 fully saturated rings. The maximum Gasteiger partial charge on any atom is 0.126 e. The van der Waals surface area contributed by atoms with E-state index in [1.165, 1.54) is 0 Å². The minimum absolute atomic E-state index is 0.305. The Balaban J connectivity index is 2.56. The van der Waals surface area contributed by atoms with Crippen molar-refractivity contribution in [2.45, 2.75) is 39.9 Å². The second-order valence-corrected chi connectivity index (χ2v) is 4.03. The van der Waals surface area contributed by atoms with Crippen molar-refractivity contribution >= 4 is 0 Å². The molecule has 3 heteroatoms. The van der Waals surface area contributed by atoms with Crippen LogP contribution in [0, 0.1) is 0 Å². The lowest BCUT2D eigenvalue weighted by molar-refractivity contribution is 0.114. The molecule has 0 saturated heterocycles. The third-order valence-electron chi connectivity index (χ3n) is 2.42. The van der Waals surface area contributed by atoms with Gasteiger partial charge >= 0.3 is 0 Å². The lowest BCUT2D eigenvalue weighted by Crippen LogP contribution is -1.99. The van der Waals surface area contributed by atoms with E-state index in [2.05, 4.69) is 13.8 Å². The zero-order valence-electron chi connectivity index (χ0n) is 10.7. The minimum atomic E-state index is 0.305.